The van der Waals surface area contributed by atoms with Crippen LogP contribution in [0.15, 0.2) is 0 Å². The zero-order valence-corrected chi connectivity index (χ0v) is 7.30. The van der Waals surface area contributed by atoms with E-state index < -0.39 is 0 Å². The highest BCUT2D eigenvalue weighted by Gasteiger charge is 2.38. The number of rotatable bonds is 5. The Morgan fingerprint density at radius 1 is 1.64 bits per heavy atom. The molecule has 1 aliphatic carbocycles. The second-order valence-electron chi connectivity index (χ2n) is 3.34. The van der Waals surface area contributed by atoms with Crippen LogP contribution >= 0.6 is 0 Å². The van der Waals surface area contributed by atoms with Gasteiger partial charge in [-0.3, -0.25) is 4.79 Å². The van der Waals surface area contributed by atoms with Gasteiger partial charge in [-0.1, -0.05) is 13.8 Å². The highest BCUT2D eigenvalue weighted by Crippen LogP contribution is 2.38. The maximum Gasteiger partial charge on any atom is 0.161 e. The third-order valence-corrected chi connectivity index (χ3v) is 2.12. The highest BCUT2D eigenvalue weighted by molar-refractivity contribution is 5.84. The molecule has 2 unspecified atom stereocenters. The minimum atomic E-state index is 0.297. The van der Waals surface area contributed by atoms with E-state index in [0.29, 0.717) is 30.8 Å². The molecule has 11 heavy (non-hydrogen) atoms. The summed E-state index contributed by atoms with van der Waals surface area (Å²) < 4.78 is 5.14. The lowest BCUT2D eigenvalue weighted by molar-refractivity contribution is -0.125. The van der Waals surface area contributed by atoms with Gasteiger partial charge in [0, 0.05) is 12.5 Å². The largest absolute Gasteiger partial charge is 0.374 e. The van der Waals surface area contributed by atoms with Crippen molar-refractivity contribution < 1.29 is 9.53 Å². The summed E-state index contributed by atoms with van der Waals surface area (Å²) in [5.41, 5.74) is 0. The van der Waals surface area contributed by atoms with Crippen molar-refractivity contribution in [3.8, 4) is 0 Å². The predicted octanol–water partition coefficient (Wildman–Crippen LogP) is 1.64. The molecule has 2 heteroatoms. The predicted molar refractivity (Wildman–Crippen MR) is 43.4 cm³/mol. The van der Waals surface area contributed by atoms with Crippen LogP contribution < -0.4 is 0 Å². The van der Waals surface area contributed by atoms with Crippen molar-refractivity contribution in [2.24, 2.45) is 11.8 Å². The van der Waals surface area contributed by atoms with Crippen molar-refractivity contribution >= 4 is 5.78 Å². The van der Waals surface area contributed by atoms with Crippen LogP contribution in [0.5, 0.6) is 0 Å². The van der Waals surface area contributed by atoms with E-state index in [1.54, 1.807) is 0 Å². The topological polar surface area (TPSA) is 26.3 Å². The van der Waals surface area contributed by atoms with Crippen molar-refractivity contribution in [3.05, 3.63) is 0 Å². The normalized spacial score (nSPS) is 28.5. The van der Waals surface area contributed by atoms with Crippen LogP contribution in [0.25, 0.3) is 0 Å². The van der Waals surface area contributed by atoms with E-state index in [-0.39, 0.29) is 0 Å². The van der Waals surface area contributed by atoms with Gasteiger partial charge < -0.3 is 4.74 Å². The molecule has 1 aliphatic rings. The van der Waals surface area contributed by atoms with Gasteiger partial charge in [0.25, 0.3) is 0 Å². The fourth-order valence-corrected chi connectivity index (χ4v) is 1.19. The molecule has 0 saturated heterocycles. The lowest BCUT2D eigenvalue weighted by Gasteiger charge is -1.99. The minimum absolute atomic E-state index is 0.297. The molecule has 64 valence electrons. The summed E-state index contributed by atoms with van der Waals surface area (Å²) in [4.78, 5) is 11.2. The Morgan fingerprint density at radius 2 is 2.27 bits per heavy atom. The Labute approximate surface area is 67.9 Å². The van der Waals surface area contributed by atoms with Crippen LogP contribution in [0, 0.1) is 11.8 Å². The zero-order chi connectivity index (χ0) is 8.27. The molecule has 1 fully saturated rings. The van der Waals surface area contributed by atoms with Crippen LogP contribution in [-0.4, -0.2) is 19.0 Å². The van der Waals surface area contributed by atoms with E-state index >= 15 is 0 Å². The molecule has 1 saturated carbocycles. The molecule has 0 amide bonds. The second-order valence-corrected chi connectivity index (χ2v) is 3.34. The third-order valence-electron chi connectivity index (χ3n) is 2.12. The first-order chi connectivity index (χ1) is 5.25. The highest BCUT2D eigenvalue weighted by atomic mass is 16.5. The molecule has 0 spiro atoms. The fourth-order valence-electron chi connectivity index (χ4n) is 1.19. The first-order valence-electron chi connectivity index (χ1n) is 4.36. The Bertz CT molecular complexity index is 142. The third kappa shape index (κ3) is 2.62. The van der Waals surface area contributed by atoms with E-state index in [1.807, 2.05) is 6.92 Å². The molecule has 0 radical (unpaired) electrons. The second kappa shape index (κ2) is 3.86. The Kier molecular flexibility index (Phi) is 3.06. The van der Waals surface area contributed by atoms with E-state index in [2.05, 4.69) is 6.92 Å². The average molecular weight is 156 g/mol. The van der Waals surface area contributed by atoms with Gasteiger partial charge in [0.2, 0.25) is 0 Å². The first-order valence-corrected chi connectivity index (χ1v) is 4.36. The van der Waals surface area contributed by atoms with Crippen molar-refractivity contribution in [2.45, 2.75) is 26.7 Å². The molecule has 0 aliphatic heterocycles. The number of Topliss-reactive ketones (excluding diaryl/α,β-unsaturated/α-hetero) is 1. The maximum atomic E-state index is 11.2. The van der Waals surface area contributed by atoms with Gasteiger partial charge in [-0.25, -0.2) is 0 Å². The quantitative estimate of drug-likeness (QED) is 0.565. The lowest BCUT2D eigenvalue weighted by Crippen LogP contribution is -2.11. The van der Waals surface area contributed by atoms with Crippen LogP contribution in [-0.2, 0) is 9.53 Å². The monoisotopic (exact) mass is 156 g/mol. The van der Waals surface area contributed by atoms with Gasteiger partial charge in [0.05, 0.1) is 0 Å². The number of carbonyl (C=O) groups excluding carboxylic acids is 1. The van der Waals surface area contributed by atoms with Crippen LogP contribution in [0.1, 0.15) is 26.7 Å². The Hall–Kier alpha value is -0.370. The van der Waals surface area contributed by atoms with E-state index in [9.17, 15) is 4.79 Å². The number of hydrogen-bond donors (Lipinski definition) is 0. The summed E-state index contributed by atoms with van der Waals surface area (Å²) in [7, 11) is 0. The summed E-state index contributed by atoms with van der Waals surface area (Å²) >= 11 is 0. The molecule has 1 rings (SSSR count). The minimum Gasteiger partial charge on any atom is -0.374 e. The molecule has 2 atom stereocenters. The van der Waals surface area contributed by atoms with Gasteiger partial charge in [0.15, 0.2) is 5.78 Å². The molecule has 0 N–H and O–H groups in total. The molecule has 0 aromatic heterocycles. The van der Waals surface area contributed by atoms with Gasteiger partial charge in [0.1, 0.15) is 6.61 Å². The number of carbonyl (C=O) groups is 1. The SMILES string of the molecule is CCCOCC(=O)C1CC1C. The lowest BCUT2D eigenvalue weighted by atomic mass is 10.2. The standard InChI is InChI=1S/C9H16O2/c1-3-4-11-6-9(10)8-5-7(8)2/h7-8H,3-6H2,1-2H3. The van der Waals surface area contributed by atoms with E-state index in [0.717, 1.165) is 12.8 Å². The summed E-state index contributed by atoms with van der Waals surface area (Å²) in [6, 6.07) is 0. The maximum absolute atomic E-state index is 11.2. The number of hydrogen-bond acceptors (Lipinski definition) is 2. The molecule has 0 heterocycles. The summed E-state index contributed by atoms with van der Waals surface area (Å²) in [6.07, 6.45) is 2.07. The molecular weight excluding hydrogens is 140 g/mol. The molecule has 0 aromatic rings. The Balaban J connectivity index is 2.03. The van der Waals surface area contributed by atoms with Gasteiger partial charge in [-0.15, -0.1) is 0 Å². The van der Waals surface area contributed by atoms with Gasteiger partial charge in [-0.05, 0) is 18.8 Å². The van der Waals surface area contributed by atoms with E-state index in [1.165, 1.54) is 0 Å². The summed E-state index contributed by atoms with van der Waals surface area (Å²) in [5, 5.41) is 0. The molecule has 0 aromatic carbocycles. The van der Waals surface area contributed by atoms with Crippen molar-refractivity contribution in [1.82, 2.24) is 0 Å². The van der Waals surface area contributed by atoms with Crippen molar-refractivity contribution in [2.75, 3.05) is 13.2 Å². The molecule has 0 bridgehead atoms. The van der Waals surface area contributed by atoms with Gasteiger partial charge in [-0.2, -0.15) is 0 Å². The van der Waals surface area contributed by atoms with Crippen molar-refractivity contribution in [1.29, 1.82) is 0 Å². The molecule has 2 nitrogen and oxygen atoms in total. The van der Waals surface area contributed by atoms with Crippen LogP contribution in [0.4, 0.5) is 0 Å². The van der Waals surface area contributed by atoms with Crippen LogP contribution in [0.2, 0.25) is 0 Å². The summed E-state index contributed by atoms with van der Waals surface area (Å²) in [5.74, 6) is 1.24. The Morgan fingerprint density at radius 3 is 2.73 bits per heavy atom. The fraction of sp³-hybridized carbons (Fsp3) is 0.889. The van der Waals surface area contributed by atoms with Crippen molar-refractivity contribution in [3.63, 3.8) is 0 Å². The zero-order valence-electron chi connectivity index (χ0n) is 7.30. The van der Waals surface area contributed by atoms with E-state index in [4.69, 9.17) is 4.74 Å². The number of ketones is 1. The van der Waals surface area contributed by atoms with Crippen LogP contribution in [0.3, 0.4) is 0 Å². The summed E-state index contributed by atoms with van der Waals surface area (Å²) in [6.45, 7) is 5.21. The smallest absolute Gasteiger partial charge is 0.161 e. The first kappa shape index (κ1) is 8.72. The van der Waals surface area contributed by atoms with Gasteiger partial charge >= 0.3 is 0 Å². The molecular formula is C9H16O2. The number of ether oxygens (including phenoxy) is 1. The average Bonchev–Trinajstić information content (AvgIpc) is 2.67.